The highest BCUT2D eigenvalue weighted by molar-refractivity contribution is 5.94. The fourth-order valence-electron chi connectivity index (χ4n) is 2.06. The summed E-state index contributed by atoms with van der Waals surface area (Å²) >= 11 is 0. The third-order valence-corrected chi connectivity index (χ3v) is 3.18. The molecule has 1 aliphatic heterocycles. The van der Waals surface area contributed by atoms with Gasteiger partial charge >= 0.3 is 0 Å². The summed E-state index contributed by atoms with van der Waals surface area (Å²) < 4.78 is 0. The van der Waals surface area contributed by atoms with E-state index in [4.69, 9.17) is 5.73 Å². The van der Waals surface area contributed by atoms with Gasteiger partial charge in [0.1, 0.15) is 5.82 Å². The van der Waals surface area contributed by atoms with E-state index in [1.165, 1.54) is 0 Å². The number of anilines is 1. The Hall–Kier alpha value is -1.58. The number of carbonyl (C=O) groups is 1. The van der Waals surface area contributed by atoms with Gasteiger partial charge in [-0.2, -0.15) is 0 Å². The molecule has 0 saturated carbocycles. The van der Waals surface area contributed by atoms with Crippen LogP contribution in [-0.4, -0.2) is 28.9 Å². The molecule has 2 rings (SSSR count). The monoisotopic (exact) mass is 219 g/mol. The molecule has 1 aromatic rings. The van der Waals surface area contributed by atoms with Crippen LogP contribution >= 0.6 is 0 Å². The highest BCUT2D eigenvalue weighted by atomic mass is 16.2. The molecule has 4 heteroatoms. The lowest BCUT2D eigenvalue weighted by Gasteiger charge is -2.16. The molecule has 1 aliphatic rings. The fraction of sp³-hybridized carbons (Fsp3) is 0.500. The second-order valence-corrected chi connectivity index (χ2v) is 4.29. The first-order chi connectivity index (χ1) is 7.70. The lowest BCUT2D eigenvalue weighted by molar-refractivity contribution is 0.0786. The fourth-order valence-corrected chi connectivity index (χ4v) is 2.06. The molecule has 1 saturated heterocycles. The van der Waals surface area contributed by atoms with Crippen LogP contribution in [0.4, 0.5) is 5.82 Å². The highest BCUT2D eigenvalue weighted by Gasteiger charge is 2.25. The number of nitrogens with zero attached hydrogens (tertiary/aromatic N) is 2. The predicted molar refractivity (Wildman–Crippen MR) is 63.0 cm³/mol. The summed E-state index contributed by atoms with van der Waals surface area (Å²) in [5.74, 6) is 1.18. The molecule has 0 bridgehead atoms. The van der Waals surface area contributed by atoms with Crippen LogP contribution in [0.2, 0.25) is 0 Å². The Morgan fingerprint density at radius 3 is 3.00 bits per heavy atom. The SMILES string of the molecule is CCC1CCN(C(=O)c2ccc(N)nc2)C1. The van der Waals surface area contributed by atoms with E-state index in [2.05, 4.69) is 11.9 Å². The van der Waals surface area contributed by atoms with E-state index >= 15 is 0 Å². The van der Waals surface area contributed by atoms with Crippen LogP contribution in [0, 0.1) is 5.92 Å². The maximum atomic E-state index is 12.1. The topological polar surface area (TPSA) is 59.2 Å². The Morgan fingerprint density at radius 2 is 2.44 bits per heavy atom. The first kappa shape index (κ1) is 10.9. The van der Waals surface area contributed by atoms with Crippen LogP contribution in [0.15, 0.2) is 18.3 Å². The minimum atomic E-state index is 0.0726. The van der Waals surface area contributed by atoms with Gasteiger partial charge in [-0.05, 0) is 24.5 Å². The van der Waals surface area contributed by atoms with Crippen molar-refractivity contribution < 1.29 is 4.79 Å². The van der Waals surface area contributed by atoms with Gasteiger partial charge in [-0.1, -0.05) is 13.3 Å². The van der Waals surface area contributed by atoms with Crippen molar-refractivity contribution in [2.24, 2.45) is 5.92 Å². The molecule has 2 N–H and O–H groups in total. The number of aromatic nitrogens is 1. The number of rotatable bonds is 2. The number of hydrogen-bond donors (Lipinski definition) is 1. The highest BCUT2D eigenvalue weighted by Crippen LogP contribution is 2.20. The van der Waals surface area contributed by atoms with Crippen LogP contribution in [0.5, 0.6) is 0 Å². The molecule has 16 heavy (non-hydrogen) atoms. The Labute approximate surface area is 95.5 Å². The molecule has 86 valence electrons. The molecule has 0 aliphatic carbocycles. The van der Waals surface area contributed by atoms with Crippen molar-refractivity contribution in [3.05, 3.63) is 23.9 Å². The molecule has 1 amide bonds. The molecule has 2 heterocycles. The summed E-state index contributed by atoms with van der Waals surface area (Å²) in [6.45, 7) is 3.91. The summed E-state index contributed by atoms with van der Waals surface area (Å²) in [7, 11) is 0. The van der Waals surface area contributed by atoms with Gasteiger partial charge in [0.05, 0.1) is 5.56 Å². The normalized spacial score (nSPS) is 20.1. The minimum Gasteiger partial charge on any atom is -0.384 e. The van der Waals surface area contributed by atoms with Crippen LogP contribution in [-0.2, 0) is 0 Å². The summed E-state index contributed by atoms with van der Waals surface area (Å²) in [5, 5.41) is 0. The Morgan fingerprint density at radius 1 is 1.62 bits per heavy atom. The van der Waals surface area contributed by atoms with Crippen molar-refractivity contribution in [1.82, 2.24) is 9.88 Å². The van der Waals surface area contributed by atoms with Gasteiger partial charge in [0, 0.05) is 19.3 Å². The van der Waals surface area contributed by atoms with Crippen molar-refractivity contribution in [3.8, 4) is 0 Å². The lowest BCUT2D eigenvalue weighted by Crippen LogP contribution is -2.28. The van der Waals surface area contributed by atoms with Gasteiger partial charge in [0.15, 0.2) is 0 Å². The van der Waals surface area contributed by atoms with Gasteiger partial charge in [0.25, 0.3) is 5.91 Å². The average Bonchev–Trinajstić information content (AvgIpc) is 2.77. The number of pyridine rings is 1. The van der Waals surface area contributed by atoms with E-state index < -0.39 is 0 Å². The molecule has 0 spiro atoms. The molecule has 0 aromatic carbocycles. The smallest absolute Gasteiger partial charge is 0.255 e. The number of hydrogen-bond acceptors (Lipinski definition) is 3. The van der Waals surface area contributed by atoms with Crippen molar-refractivity contribution in [2.45, 2.75) is 19.8 Å². The maximum Gasteiger partial charge on any atom is 0.255 e. The summed E-state index contributed by atoms with van der Waals surface area (Å²) in [5.41, 5.74) is 6.12. The van der Waals surface area contributed by atoms with Crippen molar-refractivity contribution in [3.63, 3.8) is 0 Å². The summed E-state index contributed by atoms with van der Waals surface area (Å²) in [4.78, 5) is 17.9. The second kappa shape index (κ2) is 4.51. The molecular weight excluding hydrogens is 202 g/mol. The zero-order chi connectivity index (χ0) is 11.5. The molecule has 1 unspecified atom stereocenters. The summed E-state index contributed by atoms with van der Waals surface area (Å²) in [6.07, 6.45) is 3.81. The molecule has 0 radical (unpaired) electrons. The van der Waals surface area contributed by atoms with Crippen LogP contribution in [0.3, 0.4) is 0 Å². The van der Waals surface area contributed by atoms with Crippen molar-refractivity contribution in [2.75, 3.05) is 18.8 Å². The van der Waals surface area contributed by atoms with Gasteiger partial charge in [-0.3, -0.25) is 4.79 Å². The summed E-state index contributed by atoms with van der Waals surface area (Å²) in [6, 6.07) is 3.41. The number of nitrogens with two attached hydrogens (primary N) is 1. The predicted octanol–water partition coefficient (Wildman–Crippen LogP) is 1.54. The Kier molecular flexibility index (Phi) is 3.08. The van der Waals surface area contributed by atoms with E-state index in [1.54, 1.807) is 18.3 Å². The Balaban J connectivity index is 2.05. The van der Waals surface area contributed by atoms with E-state index in [0.29, 0.717) is 17.3 Å². The van der Waals surface area contributed by atoms with Crippen LogP contribution in [0.25, 0.3) is 0 Å². The van der Waals surface area contributed by atoms with Gasteiger partial charge in [0.2, 0.25) is 0 Å². The molecule has 1 atom stereocenters. The molecule has 1 aromatic heterocycles. The molecule has 1 fully saturated rings. The van der Waals surface area contributed by atoms with Crippen molar-refractivity contribution in [1.29, 1.82) is 0 Å². The number of nitrogen functional groups attached to an aromatic ring is 1. The van der Waals surface area contributed by atoms with Crippen molar-refractivity contribution >= 4 is 11.7 Å². The first-order valence-corrected chi connectivity index (χ1v) is 5.71. The zero-order valence-corrected chi connectivity index (χ0v) is 9.52. The van der Waals surface area contributed by atoms with Gasteiger partial charge in [-0.25, -0.2) is 4.98 Å². The van der Waals surface area contributed by atoms with E-state index in [0.717, 1.165) is 25.9 Å². The molecular formula is C12H17N3O. The zero-order valence-electron chi connectivity index (χ0n) is 9.52. The molecule has 4 nitrogen and oxygen atoms in total. The quantitative estimate of drug-likeness (QED) is 0.820. The van der Waals surface area contributed by atoms with Gasteiger partial charge in [-0.15, -0.1) is 0 Å². The Bertz CT molecular complexity index is 374. The third-order valence-electron chi connectivity index (χ3n) is 3.18. The van der Waals surface area contributed by atoms with Gasteiger partial charge < -0.3 is 10.6 Å². The van der Waals surface area contributed by atoms with E-state index in [9.17, 15) is 4.79 Å². The number of likely N-dealkylation sites (tertiary alicyclic amines) is 1. The van der Waals surface area contributed by atoms with E-state index in [-0.39, 0.29) is 5.91 Å². The van der Waals surface area contributed by atoms with Crippen LogP contribution in [0.1, 0.15) is 30.1 Å². The van der Waals surface area contributed by atoms with Crippen LogP contribution < -0.4 is 5.73 Å². The second-order valence-electron chi connectivity index (χ2n) is 4.29. The first-order valence-electron chi connectivity index (χ1n) is 5.71. The lowest BCUT2D eigenvalue weighted by atomic mass is 10.1. The van der Waals surface area contributed by atoms with E-state index in [1.807, 2.05) is 4.90 Å². The maximum absolute atomic E-state index is 12.1. The number of amides is 1. The third kappa shape index (κ3) is 2.15. The standard InChI is InChI=1S/C12H17N3O/c1-2-9-5-6-15(8-9)12(16)10-3-4-11(13)14-7-10/h3-4,7,9H,2,5-6,8H2,1H3,(H2,13,14). The average molecular weight is 219 g/mol. The number of carbonyl (C=O) groups excluding carboxylic acids is 1. The minimum absolute atomic E-state index is 0.0726. The largest absolute Gasteiger partial charge is 0.384 e.